The molecule has 0 aliphatic carbocycles. The number of rotatable bonds is 10. The van der Waals surface area contributed by atoms with Crippen molar-refractivity contribution in [3.63, 3.8) is 0 Å². The molecule has 0 saturated carbocycles. The van der Waals surface area contributed by atoms with Gasteiger partial charge in [-0.2, -0.15) is 0 Å². The van der Waals surface area contributed by atoms with Crippen LogP contribution in [-0.4, -0.2) is 74.7 Å². The second-order valence-electron chi connectivity index (χ2n) is 11.8. The molecule has 3 aromatic rings. The van der Waals surface area contributed by atoms with E-state index in [2.05, 4.69) is 10.3 Å². The Hall–Kier alpha value is -4.51. The highest BCUT2D eigenvalue weighted by atomic mass is 19.1. The minimum absolute atomic E-state index is 0.0525. The molecule has 2 aromatic carbocycles. The fraction of sp³-hybridized carbons (Fsp3) is 0.394. The van der Waals surface area contributed by atoms with E-state index in [9.17, 15) is 23.9 Å². The van der Waals surface area contributed by atoms with Crippen molar-refractivity contribution in [3.05, 3.63) is 95.6 Å². The molecule has 0 radical (unpaired) electrons. The van der Waals surface area contributed by atoms with Crippen LogP contribution in [0.15, 0.2) is 72.9 Å². The number of hydrogen-bond donors (Lipinski definition) is 2. The molecule has 4 rings (SSSR count). The van der Waals surface area contributed by atoms with Crippen molar-refractivity contribution in [2.24, 2.45) is 0 Å². The van der Waals surface area contributed by atoms with Gasteiger partial charge in [0.2, 0.25) is 11.8 Å². The van der Waals surface area contributed by atoms with Crippen molar-refractivity contribution in [2.45, 2.75) is 71.1 Å². The SMILES string of the molecule is CC(=O)N[C@@H](Cc1cc(F)cc(OCc2ccccn2)c1)[C@H](O)[C@H]1C(=O)N(Cc2ccccc2)CCN1C(=O)OC(C)(C)C. The first-order chi connectivity index (χ1) is 20.9. The zero-order chi connectivity index (χ0) is 31.9. The fourth-order valence-corrected chi connectivity index (χ4v) is 5.07. The largest absolute Gasteiger partial charge is 0.487 e. The van der Waals surface area contributed by atoms with Gasteiger partial charge < -0.3 is 24.8 Å². The van der Waals surface area contributed by atoms with E-state index in [1.165, 1.54) is 24.0 Å². The molecular formula is C33H39FN4O6. The Kier molecular flexibility index (Phi) is 10.5. The molecule has 1 aliphatic heterocycles. The molecule has 1 aromatic heterocycles. The number of hydrogen-bond acceptors (Lipinski definition) is 7. The molecule has 3 atom stereocenters. The van der Waals surface area contributed by atoms with Crippen LogP contribution in [0.5, 0.6) is 5.75 Å². The standard InChI is InChI=1S/C33H39FN4O6/c1-22(39)36-28(18-24-16-25(34)19-27(17-24)43-21-26-12-8-9-13-35-26)30(40)29-31(41)37(20-23-10-6-5-7-11-23)14-15-38(29)32(42)44-33(2,3)4/h5-13,16-17,19,28-30,40H,14-15,18,20-21H2,1-4H3,(H,36,39)/t28-,29-,30-/m0/s1. The summed E-state index contributed by atoms with van der Waals surface area (Å²) in [5, 5.41) is 14.5. The Morgan fingerprint density at radius 3 is 2.45 bits per heavy atom. The highest BCUT2D eigenvalue weighted by Gasteiger charge is 2.46. The number of benzene rings is 2. The predicted octanol–water partition coefficient (Wildman–Crippen LogP) is 3.86. The van der Waals surface area contributed by atoms with Gasteiger partial charge in [0, 0.05) is 38.8 Å². The lowest BCUT2D eigenvalue weighted by Gasteiger charge is -2.44. The van der Waals surface area contributed by atoms with Gasteiger partial charge in [-0.15, -0.1) is 0 Å². The summed E-state index contributed by atoms with van der Waals surface area (Å²) < 4.78 is 26.0. The number of pyridine rings is 1. The fourth-order valence-electron chi connectivity index (χ4n) is 5.07. The lowest BCUT2D eigenvalue weighted by Crippen LogP contribution is -2.66. The average Bonchev–Trinajstić information content (AvgIpc) is 2.96. The van der Waals surface area contributed by atoms with Crippen LogP contribution >= 0.6 is 0 Å². The molecule has 2 N–H and O–H groups in total. The van der Waals surface area contributed by atoms with E-state index >= 15 is 0 Å². The number of piperazine rings is 1. The summed E-state index contributed by atoms with van der Waals surface area (Å²) in [6.45, 7) is 7.12. The van der Waals surface area contributed by atoms with E-state index in [1.807, 2.05) is 36.4 Å². The number of carbonyl (C=O) groups is 3. The van der Waals surface area contributed by atoms with Crippen molar-refractivity contribution in [3.8, 4) is 5.75 Å². The summed E-state index contributed by atoms with van der Waals surface area (Å²) in [5.41, 5.74) is 1.10. The first-order valence-electron chi connectivity index (χ1n) is 14.5. The Bertz CT molecular complexity index is 1430. The molecule has 0 unspecified atom stereocenters. The zero-order valence-electron chi connectivity index (χ0n) is 25.4. The molecule has 44 heavy (non-hydrogen) atoms. The van der Waals surface area contributed by atoms with Gasteiger partial charge in [0.25, 0.3) is 0 Å². The third-order valence-corrected chi connectivity index (χ3v) is 6.98. The summed E-state index contributed by atoms with van der Waals surface area (Å²) in [7, 11) is 0. The lowest BCUT2D eigenvalue weighted by atomic mass is 9.93. The summed E-state index contributed by atoms with van der Waals surface area (Å²) >= 11 is 0. The van der Waals surface area contributed by atoms with E-state index < -0.39 is 47.5 Å². The third-order valence-electron chi connectivity index (χ3n) is 6.98. The number of nitrogens with one attached hydrogen (secondary N) is 1. The molecule has 3 amide bonds. The van der Waals surface area contributed by atoms with Crippen LogP contribution < -0.4 is 10.1 Å². The molecule has 234 valence electrons. The molecular weight excluding hydrogens is 567 g/mol. The van der Waals surface area contributed by atoms with Crippen LogP contribution in [0.1, 0.15) is 44.5 Å². The highest BCUT2D eigenvalue weighted by Crippen LogP contribution is 2.25. The highest BCUT2D eigenvalue weighted by molar-refractivity contribution is 5.88. The minimum Gasteiger partial charge on any atom is -0.487 e. The normalized spacial score (nSPS) is 16.7. The minimum atomic E-state index is -1.56. The Balaban J connectivity index is 1.61. The number of halogens is 1. The topological polar surface area (TPSA) is 121 Å². The average molecular weight is 607 g/mol. The van der Waals surface area contributed by atoms with Crippen molar-refractivity contribution in [1.82, 2.24) is 20.1 Å². The van der Waals surface area contributed by atoms with Crippen LogP contribution in [0.4, 0.5) is 9.18 Å². The number of amides is 3. The number of nitrogens with zero attached hydrogens (tertiary/aromatic N) is 3. The second-order valence-corrected chi connectivity index (χ2v) is 11.8. The van der Waals surface area contributed by atoms with Crippen LogP contribution in [0.2, 0.25) is 0 Å². The summed E-state index contributed by atoms with van der Waals surface area (Å²) in [4.78, 5) is 46.5. The van der Waals surface area contributed by atoms with Gasteiger partial charge in [0.1, 0.15) is 35.9 Å². The van der Waals surface area contributed by atoms with Gasteiger partial charge in [-0.05, 0) is 62.6 Å². The van der Waals surface area contributed by atoms with E-state index in [4.69, 9.17) is 9.47 Å². The van der Waals surface area contributed by atoms with Gasteiger partial charge >= 0.3 is 6.09 Å². The van der Waals surface area contributed by atoms with Crippen molar-refractivity contribution in [1.29, 1.82) is 0 Å². The summed E-state index contributed by atoms with van der Waals surface area (Å²) in [5.74, 6) is -1.30. The number of aliphatic hydroxyl groups is 1. The number of aliphatic hydroxyl groups excluding tert-OH is 1. The van der Waals surface area contributed by atoms with Crippen LogP contribution in [0.3, 0.4) is 0 Å². The zero-order valence-corrected chi connectivity index (χ0v) is 25.4. The Morgan fingerprint density at radius 2 is 1.80 bits per heavy atom. The third kappa shape index (κ3) is 9.00. The van der Waals surface area contributed by atoms with Crippen molar-refractivity contribution < 1.29 is 33.4 Å². The van der Waals surface area contributed by atoms with E-state index in [0.29, 0.717) is 11.3 Å². The van der Waals surface area contributed by atoms with Crippen LogP contribution in [-0.2, 0) is 33.9 Å². The lowest BCUT2D eigenvalue weighted by molar-refractivity contribution is -0.149. The molecule has 1 fully saturated rings. The monoisotopic (exact) mass is 606 g/mol. The van der Waals surface area contributed by atoms with Gasteiger partial charge in [0.15, 0.2) is 0 Å². The molecule has 2 heterocycles. The smallest absolute Gasteiger partial charge is 0.411 e. The molecule has 11 heteroatoms. The molecule has 1 aliphatic rings. The Morgan fingerprint density at radius 1 is 1.07 bits per heavy atom. The first kappa shape index (κ1) is 32.4. The van der Waals surface area contributed by atoms with E-state index in [0.717, 1.165) is 5.56 Å². The summed E-state index contributed by atoms with van der Waals surface area (Å²) in [6, 6.07) is 16.4. The first-order valence-corrected chi connectivity index (χ1v) is 14.5. The number of ether oxygens (including phenoxy) is 2. The maximum atomic E-state index is 14.7. The number of aromatic nitrogens is 1. The molecule has 0 spiro atoms. The van der Waals surface area contributed by atoms with E-state index in [1.54, 1.807) is 50.1 Å². The molecule has 1 saturated heterocycles. The molecule has 10 nitrogen and oxygen atoms in total. The second kappa shape index (κ2) is 14.3. The quantitative estimate of drug-likeness (QED) is 0.360. The van der Waals surface area contributed by atoms with Crippen LogP contribution in [0, 0.1) is 5.82 Å². The maximum Gasteiger partial charge on any atom is 0.411 e. The number of carbonyl (C=O) groups excluding carboxylic acids is 3. The van der Waals surface area contributed by atoms with Crippen LogP contribution in [0.25, 0.3) is 0 Å². The van der Waals surface area contributed by atoms with Crippen molar-refractivity contribution in [2.75, 3.05) is 13.1 Å². The summed E-state index contributed by atoms with van der Waals surface area (Å²) in [6.07, 6.45) is -0.739. The van der Waals surface area contributed by atoms with Gasteiger partial charge in [-0.3, -0.25) is 19.5 Å². The van der Waals surface area contributed by atoms with Crippen molar-refractivity contribution >= 4 is 17.9 Å². The van der Waals surface area contributed by atoms with Gasteiger partial charge in [0.05, 0.1) is 11.7 Å². The maximum absolute atomic E-state index is 14.7. The van der Waals surface area contributed by atoms with E-state index in [-0.39, 0.29) is 38.4 Å². The predicted molar refractivity (Wildman–Crippen MR) is 161 cm³/mol. The van der Waals surface area contributed by atoms with Gasteiger partial charge in [-0.1, -0.05) is 36.4 Å². The van der Waals surface area contributed by atoms with Gasteiger partial charge in [-0.25, -0.2) is 9.18 Å². The Labute approximate surface area is 256 Å². The molecule has 0 bridgehead atoms.